The Morgan fingerprint density at radius 1 is 1.13 bits per heavy atom. The number of aryl methyl sites for hydroxylation is 1. The van der Waals surface area contributed by atoms with E-state index in [0.717, 1.165) is 5.69 Å². The molecular formula is C22H19N5O4. The molecule has 2 aromatic carbocycles. The number of anilines is 1. The zero-order chi connectivity index (χ0) is 21.4. The fourth-order valence-corrected chi connectivity index (χ4v) is 3.54. The van der Waals surface area contributed by atoms with Crippen LogP contribution in [0.25, 0.3) is 16.7 Å². The molecule has 156 valence electrons. The Morgan fingerprint density at radius 3 is 2.77 bits per heavy atom. The molecule has 0 radical (unpaired) electrons. The monoisotopic (exact) mass is 417 g/mol. The second kappa shape index (κ2) is 7.60. The topological polar surface area (TPSA) is 100 Å². The number of nitrogens with zero attached hydrogens (tertiary/aromatic N) is 4. The Hall–Kier alpha value is -4.14. The van der Waals surface area contributed by atoms with Crippen LogP contribution < -0.4 is 20.3 Å². The molecule has 1 aliphatic heterocycles. The van der Waals surface area contributed by atoms with Crippen molar-refractivity contribution in [3.63, 3.8) is 0 Å². The van der Waals surface area contributed by atoms with Crippen LogP contribution in [0.4, 0.5) is 5.69 Å². The summed E-state index contributed by atoms with van der Waals surface area (Å²) in [5.74, 6) is 1.54. The van der Waals surface area contributed by atoms with Crippen molar-refractivity contribution in [3.05, 3.63) is 70.9 Å². The molecule has 9 heteroatoms. The van der Waals surface area contributed by atoms with E-state index in [-0.39, 0.29) is 31.2 Å². The van der Waals surface area contributed by atoms with Crippen LogP contribution in [-0.4, -0.2) is 32.0 Å². The summed E-state index contributed by atoms with van der Waals surface area (Å²) in [7, 11) is 0. The summed E-state index contributed by atoms with van der Waals surface area (Å²) in [5, 5.41) is 7.55. The number of ether oxygens (including phenoxy) is 2. The molecule has 0 atom stereocenters. The second-order valence-electron chi connectivity index (χ2n) is 7.11. The van der Waals surface area contributed by atoms with Crippen molar-refractivity contribution >= 4 is 22.6 Å². The molecule has 1 aliphatic rings. The van der Waals surface area contributed by atoms with Crippen molar-refractivity contribution in [3.8, 4) is 17.2 Å². The van der Waals surface area contributed by atoms with Crippen molar-refractivity contribution in [2.45, 2.75) is 19.9 Å². The summed E-state index contributed by atoms with van der Waals surface area (Å²) in [6, 6.07) is 14.7. The molecule has 2 aromatic heterocycles. The molecule has 9 nitrogen and oxygen atoms in total. The number of aromatic nitrogens is 4. The summed E-state index contributed by atoms with van der Waals surface area (Å²) in [5.41, 5.74) is 1.70. The largest absolute Gasteiger partial charge is 0.454 e. The van der Waals surface area contributed by atoms with E-state index < -0.39 is 0 Å². The molecule has 0 bridgehead atoms. The molecule has 1 amide bonds. The minimum absolute atomic E-state index is 0.120. The van der Waals surface area contributed by atoms with Crippen molar-refractivity contribution in [1.82, 2.24) is 19.3 Å². The number of carbonyl (C=O) groups excluding carboxylic acids is 1. The zero-order valence-corrected chi connectivity index (χ0v) is 16.7. The Bertz CT molecular complexity index is 1340. The number of carbonyl (C=O) groups is 1. The second-order valence-corrected chi connectivity index (χ2v) is 7.11. The van der Waals surface area contributed by atoms with Crippen LogP contribution in [0.5, 0.6) is 11.5 Å². The molecule has 1 N–H and O–H groups in total. The molecule has 3 heterocycles. The van der Waals surface area contributed by atoms with Gasteiger partial charge in [0.15, 0.2) is 17.1 Å². The van der Waals surface area contributed by atoms with Crippen LogP contribution in [0.3, 0.4) is 0 Å². The van der Waals surface area contributed by atoms with Crippen molar-refractivity contribution in [1.29, 1.82) is 0 Å². The van der Waals surface area contributed by atoms with Gasteiger partial charge in [0.2, 0.25) is 12.7 Å². The highest BCUT2D eigenvalue weighted by Gasteiger charge is 2.16. The van der Waals surface area contributed by atoms with E-state index in [0.29, 0.717) is 34.0 Å². The minimum atomic E-state index is -0.222. The van der Waals surface area contributed by atoms with Gasteiger partial charge in [0, 0.05) is 24.7 Å². The van der Waals surface area contributed by atoms with E-state index in [1.165, 1.54) is 10.8 Å². The maximum Gasteiger partial charge on any atom is 0.264 e. The maximum atomic E-state index is 13.0. The van der Waals surface area contributed by atoms with Crippen LogP contribution in [0.2, 0.25) is 0 Å². The Morgan fingerprint density at radius 2 is 1.94 bits per heavy atom. The fourth-order valence-electron chi connectivity index (χ4n) is 3.54. The smallest absolute Gasteiger partial charge is 0.264 e. The van der Waals surface area contributed by atoms with Gasteiger partial charge >= 0.3 is 0 Å². The molecule has 0 spiro atoms. The highest BCUT2D eigenvalue weighted by atomic mass is 16.7. The predicted octanol–water partition coefficient (Wildman–Crippen LogP) is 2.65. The molecule has 0 saturated heterocycles. The summed E-state index contributed by atoms with van der Waals surface area (Å²) in [6.45, 7) is 2.13. The lowest BCUT2D eigenvalue weighted by atomic mass is 10.2. The molecule has 4 aromatic rings. The molecular weight excluding hydrogens is 398 g/mol. The Balaban J connectivity index is 1.35. The summed E-state index contributed by atoms with van der Waals surface area (Å²) < 4.78 is 13.7. The number of benzene rings is 2. The Kier molecular flexibility index (Phi) is 4.62. The van der Waals surface area contributed by atoms with E-state index >= 15 is 0 Å². The molecule has 5 rings (SSSR count). The number of para-hydroxylation sites is 1. The minimum Gasteiger partial charge on any atom is -0.454 e. The third kappa shape index (κ3) is 3.50. The first-order valence-corrected chi connectivity index (χ1v) is 9.80. The summed E-state index contributed by atoms with van der Waals surface area (Å²) >= 11 is 0. The highest BCUT2D eigenvalue weighted by Crippen LogP contribution is 2.34. The summed E-state index contributed by atoms with van der Waals surface area (Å²) in [6.07, 6.45) is 1.63. The number of amides is 1. The molecule has 0 fully saturated rings. The van der Waals surface area contributed by atoms with E-state index in [2.05, 4.69) is 15.4 Å². The number of nitrogens with one attached hydrogen (secondary N) is 1. The lowest BCUT2D eigenvalue weighted by Gasteiger charge is -2.11. The van der Waals surface area contributed by atoms with Gasteiger partial charge in [-0.1, -0.05) is 18.2 Å². The average molecular weight is 417 g/mol. The SMILES string of the molecule is Cc1nc2c(cnn2-c2ccccc2)c(=O)n1CCC(=O)Nc1ccc2c(c1)OCO2. The highest BCUT2D eigenvalue weighted by molar-refractivity contribution is 5.91. The van der Waals surface area contributed by atoms with E-state index in [1.54, 1.807) is 29.8 Å². The number of hydrogen-bond donors (Lipinski definition) is 1. The first kappa shape index (κ1) is 18.9. The third-order valence-electron chi connectivity index (χ3n) is 5.10. The Labute approximate surface area is 176 Å². The van der Waals surface area contributed by atoms with Crippen LogP contribution in [0, 0.1) is 6.92 Å². The van der Waals surface area contributed by atoms with Crippen LogP contribution >= 0.6 is 0 Å². The normalized spacial score (nSPS) is 12.3. The van der Waals surface area contributed by atoms with Crippen LogP contribution in [0.1, 0.15) is 12.2 Å². The van der Waals surface area contributed by atoms with Crippen molar-refractivity contribution in [2.24, 2.45) is 0 Å². The number of rotatable bonds is 5. The zero-order valence-electron chi connectivity index (χ0n) is 16.7. The van der Waals surface area contributed by atoms with Gasteiger partial charge in [-0.3, -0.25) is 14.2 Å². The third-order valence-corrected chi connectivity index (χ3v) is 5.10. The van der Waals surface area contributed by atoms with E-state index in [9.17, 15) is 9.59 Å². The van der Waals surface area contributed by atoms with Gasteiger partial charge in [0.25, 0.3) is 5.56 Å². The van der Waals surface area contributed by atoms with Gasteiger partial charge < -0.3 is 14.8 Å². The number of fused-ring (bicyclic) bond motifs is 2. The first-order valence-electron chi connectivity index (χ1n) is 9.80. The quantitative estimate of drug-likeness (QED) is 0.536. The molecule has 0 unspecified atom stereocenters. The van der Waals surface area contributed by atoms with E-state index in [4.69, 9.17) is 9.47 Å². The lowest BCUT2D eigenvalue weighted by Crippen LogP contribution is -2.26. The molecule has 0 saturated carbocycles. The molecule has 0 aliphatic carbocycles. The van der Waals surface area contributed by atoms with E-state index in [1.807, 2.05) is 30.3 Å². The number of hydrogen-bond acceptors (Lipinski definition) is 6. The van der Waals surface area contributed by atoms with Gasteiger partial charge in [-0.15, -0.1) is 0 Å². The van der Waals surface area contributed by atoms with Gasteiger partial charge in [0.1, 0.15) is 11.2 Å². The van der Waals surface area contributed by atoms with Gasteiger partial charge in [0.05, 0.1) is 11.9 Å². The maximum absolute atomic E-state index is 13.0. The fraction of sp³-hybridized carbons (Fsp3) is 0.182. The van der Waals surface area contributed by atoms with Crippen molar-refractivity contribution < 1.29 is 14.3 Å². The van der Waals surface area contributed by atoms with Gasteiger partial charge in [-0.05, 0) is 31.2 Å². The van der Waals surface area contributed by atoms with Gasteiger partial charge in [-0.2, -0.15) is 5.10 Å². The molecule has 31 heavy (non-hydrogen) atoms. The van der Waals surface area contributed by atoms with Crippen molar-refractivity contribution in [2.75, 3.05) is 12.1 Å². The van der Waals surface area contributed by atoms with Gasteiger partial charge in [-0.25, -0.2) is 9.67 Å². The van der Waals surface area contributed by atoms with Crippen LogP contribution in [-0.2, 0) is 11.3 Å². The average Bonchev–Trinajstić information content (AvgIpc) is 3.41. The standard InChI is InChI=1S/C22H19N5O4/c1-14-24-21-17(12-23-27(21)16-5-3-2-4-6-16)22(29)26(14)10-9-20(28)25-15-7-8-18-19(11-15)31-13-30-18/h2-8,11-12H,9-10,13H2,1H3,(H,25,28). The van der Waals surface area contributed by atoms with Crippen LogP contribution in [0.15, 0.2) is 59.5 Å². The lowest BCUT2D eigenvalue weighted by molar-refractivity contribution is -0.116. The summed E-state index contributed by atoms with van der Waals surface area (Å²) in [4.78, 5) is 30.0. The first-order chi connectivity index (χ1) is 15.1. The predicted molar refractivity (Wildman–Crippen MR) is 114 cm³/mol.